The molecular formula is C28H29N7O. The van der Waals surface area contributed by atoms with Crippen molar-refractivity contribution < 1.29 is 4.79 Å². The van der Waals surface area contributed by atoms with Gasteiger partial charge in [-0.25, -0.2) is 9.97 Å². The Morgan fingerprint density at radius 2 is 1.89 bits per heavy atom. The predicted octanol–water partition coefficient (Wildman–Crippen LogP) is 5.38. The number of benzene rings is 1. The van der Waals surface area contributed by atoms with E-state index < -0.39 is 0 Å². The lowest BCUT2D eigenvalue weighted by Gasteiger charge is -2.27. The summed E-state index contributed by atoms with van der Waals surface area (Å²) < 4.78 is 2.08. The van der Waals surface area contributed by atoms with Crippen LogP contribution in [0.15, 0.2) is 54.9 Å². The number of amides is 1. The monoisotopic (exact) mass is 479 g/mol. The fraction of sp³-hybridized carbons (Fsp3) is 0.286. The molecule has 0 aliphatic heterocycles. The van der Waals surface area contributed by atoms with Gasteiger partial charge in [0.2, 0.25) is 5.91 Å². The predicted molar refractivity (Wildman–Crippen MR) is 142 cm³/mol. The lowest BCUT2D eigenvalue weighted by Crippen LogP contribution is -2.27. The number of nitrogens with one attached hydrogen (secondary N) is 2. The number of hydrogen-bond acceptors (Lipinski definition) is 5. The van der Waals surface area contributed by atoms with Crippen molar-refractivity contribution in [1.82, 2.24) is 24.3 Å². The highest BCUT2D eigenvalue weighted by Crippen LogP contribution is 2.39. The number of aryl methyl sites for hydroxylation is 2. The van der Waals surface area contributed by atoms with E-state index in [2.05, 4.69) is 42.9 Å². The van der Waals surface area contributed by atoms with Crippen LogP contribution in [0.3, 0.4) is 0 Å². The zero-order valence-electron chi connectivity index (χ0n) is 20.5. The quantitative estimate of drug-likeness (QED) is 0.320. The van der Waals surface area contributed by atoms with Crippen LogP contribution in [0.1, 0.15) is 48.8 Å². The molecule has 0 atom stereocenters. The van der Waals surface area contributed by atoms with Crippen LogP contribution in [0.2, 0.25) is 0 Å². The summed E-state index contributed by atoms with van der Waals surface area (Å²) >= 11 is 0. The summed E-state index contributed by atoms with van der Waals surface area (Å²) in [7, 11) is 0. The lowest BCUT2D eigenvalue weighted by atomic mass is 9.81. The van der Waals surface area contributed by atoms with Crippen LogP contribution in [0, 0.1) is 19.8 Å². The van der Waals surface area contributed by atoms with Crippen molar-refractivity contribution in [2.24, 2.45) is 5.92 Å². The molecule has 0 bridgehead atoms. The number of nitrogen functional groups attached to an aromatic ring is 1. The zero-order valence-corrected chi connectivity index (χ0v) is 20.5. The van der Waals surface area contributed by atoms with Crippen LogP contribution >= 0.6 is 0 Å². The molecule has 182 valence electrons. The van der Waals surface area contributed by atoms with Crippen molar-refractivity contribution in [2.45, 2.75) is 45.4 Å². The number of aromatic nitrogens is 5. The van der Waals surface area contributed by atoms with Gasteiger partial charge in [-0.15, -0.1) is 0 Å². The van der Waals surface area contributed by atoms with Gasteiger partial charge >= 0.3 is 0 Å². The maximum atomic E-state index is 13.0. The second-order valence-electron chi connectivity index (χ2n) is 9.74. The summed E-state index contributed by atoms with van der Waals surface area (Å²) in [5.41, 5.74) is 12.5. The number of rotatable bonds is 4. The van der Waals surface area contributed by atoms with Crippen molar-refractivity contribution in [2.75, 3.05) is 11.1 Å². The smallest absolute Gasteiger partial charge is 0.227 e. The number of pyridine rings is 1. The molecule has 0 saturated heterocycles. The molecule has 0 unspecified atom stereocenters. The molecule has 4 aromatic heterocycles. The Bertz CT molecular complexity index is 1560. The summed E-state index contributed by atoms with van der Waals surface area (Å²) in [5.74, 6) is 1.73. The molecule has 1 aliphatic carbocycles. The van der Waals surface area contributed by atoms with E-state index >= 15 is 0 Å². The minimum absolute atomic E-state index is 0.0203. The van der Waals surface area contributed by atoms with Gasteiger partial charge in [0.05, 0.1) is 17.1 Å². The van der Waals surface area contributed by atoms with Gasteiger partial charge < -0.3 is 16.0 Å². The Morgan fingerprint density at radius 1 is 1.08 bits per heavy atom. The molecule has 8 heteroatoms. The number of carbonyl (C=O) groups excluding carboxylic acids is 1. The van der Waals surface area contributed by atoms with Crippen LogP contribution in [0.25, 0.3) is 27.8 Å². The third-order valence-electron chi connectivity index (χ3n) is 7.34. The van der Waals surface area contributed by atoms with Crippen LogP contribution in [0.4, 0.5) is 11.5 Å². The molecule has 4 heterocycles. The first-order valence-corrected chi connectivity index (χ1v) is 12.4. The lowest BCUT2D eigenvalue weighted by molar-refractivity contribution is -0.120. The van der Waals surface area contributed by atoms with E-state index in [0.29, 0.717) is 5.82 Å². The number of fused-ring (bicyclic) bond motifs is 2. The van der Waals surface area contributed by atoms with Crippen molar-refractivity contribution >= 4 is 33.8 Å². The molecule has 1 fully saturated rings. The molecule has 1 amide bonds. The molecule has 0 spiro atoms. The van der Waals surface area contributed by atoms with E-state index in [1.165, 1.54) is 0 Å². The first-order valence-electron chi connectivity index (χ1n) is 12.4. The van der Waals surface area contributed by atoms with E-state index in [0.717, 1.165) is 76.4 Å². The number of para-hydroxylation sites is 1. The fourth-order valence-corrected chi connectivity index (χ4v) is 5.43. The highest BCUT2D eigenvalue weighted by atomic mass is 16.1. The van der Waals surface area contributed by atoms with E-state index in [9.17, 15) is 4.79 Å². The third-order valence-corrected chi connectivity index (χ3v) is 7.34. The first kappa shape index (κ1) is 22.3. The van der Waals surface area contributed by atoms with Crippen molar-refractivity contribution in [3.8, 4) is 11.4 Å². The third kappa shape index (κ3) is 3.88. The van der Waals surface area contributed by atoms with E-state index in [1.54, 1.807) is 6.20 Å². The van der Waals surface area contributed by atoms with Crippen LogP contribution in [-0.4, -0.2) is 30.2 Å². The van der Waals surface area contributed by atoms with Gasteiger partial charge in [-0.3, -0.25) is 14.2 Å². The molecule has 1 aliphatic rings. The van der Waals surface area contributed by atoms with Gasteiger partial charge in [0.15, 0.2) is 0 Å². The van der Waals surface area contributed by atoms with Gasteiger partial charge in [-0.05, 0) is 63.8 Å². The summed E-state index contributed by atoms with van der Waals surface area (Å²) in [6, 6.07) is 14.1. The van der Waals surface area contributed by atoms with Crippen LogP contribution in [0.5, 0.6) is 0 Å². The van der Waals surface area contributed by atoms with Crippen molar-refractivity contribution in [3.63, 3.8) is 0 Å². The number of imidazole rings is 1. The topological polar surface area (TPSA) is 114 Å². The first-order chi connectivity index (χ1) is 17.5. The largest absolute Gasteiger partial charge is 0.382 e. The SMILES string of the molecule is Cc1ccc(NC(=O)C2CCC(c3nc(-c4cc5ccccc5[nH]4)c4c(N)nccn34)CC2)c(C)n1. The molecule has 4 N–H and O–H groups in total. The standard InChI is InChI=1S/C28H29N7O/c1-16-7-12-21(17(2)31-16)33-28(36)19-10-8-18(9-11-19)27-34-24(25-26(29)30-13-14-35(25)27)23-15-20-5-3-4-6-22(20)32-23/h3-7,12-15,18-19,32H,8-11H2,1-2H3,(H2,29,30)(H,33,36). The van der Waals surface area contributed by atoms with E-state index in [-0.39, 0.29) is 17.7 Å². The van der Waals surface area contributed by atoms with Crippen LogP contribution < -0.4 is 11.1 Å². The van der Waals surface area contributed by atoms with Crippen LogP contribution in [-0.2, 0) is 4.79 Å². The minimum atomic E-state index is -0.0203. The Morgan fingerprint density at radius 3 is 2.67 bits per heavy atom. The van der Waals surface area contributed by atoms with Gasteiger partial charge in [-0.1, -0.05) is 18.2 Å². The Labute approximate surface area is 209 Å². The second kappa shape index (κ2) is 8.78. The Balaban J connectivity index is 1.25. The second-order valence-corrected chi connectivity index (χ2v) is 9.74. The number of carbonyl (C=O) groups is 1. The van der Waals surface area contributed by atoms with Crippen molar-refractivity contribution in [3.05, 3.63) is 72.1 Å². The molecule has 1 saturated carbocycles. The number of anilines is 2. The molecule has 8 nitrogen and oxygen atoms in total. The summed E-state index contributed by atoms with van der Waals surface area (Å²) in [4.78, 5) is 30.4. The number of hydrogen-bond donors (Lipinski definition) is 3. The average Bonchev–Trinajstić information content (AvgIpc) is 3.48. The maximum Gasteiger partial charge on any atom is 0.227 e. The highest BCUT2D eigenvalue weighted by Gasteiger charge is 2.31. The Hall–Kier alpha value is -4.20. The molecular weight excluding hydrogens is 450 g/mol. The molecule has 36 heavy (non-hydrogen) atoms. The average molecular weight is 480 g/mol. The van der Waals surface area contributed by atoms with Gasteiger partial charge in [-0.2, -0.15) is 0 Å². The van der Waals surface area contributed by atoms with Gasteiger partial charge in [0.1, 0.15) is 22.9 Å². The maximum absolute atomic E-state index is 13.0. The summed E-state index contributed by atoms with van der Waals surface area (Å²) in [5, 5.41) is 4.21. The summed E-state index contributed by atoms with van der Waals surface area (Å²) in [6.07, 6.45) is 7.05. The number of nitrogens with zero attached hydrogens (tertiary/aromatic N) is 4. The van der Waals surface area contributed by atoms with E-state index in [4.69, 9.17) is 10.7 Å². The molecule has 0 radical (unpaired) electrons. The number of H-pyrrole nitrogens is 1. The number of nitrogens with two attached hydrogens (primary N) is 1. The van der Waals surface area contributed by atoms with Crippen molar-refractivity contribution in [1.29, 1.82) is 0 Å². The highest BCUT2D eigenvalue weighted by molar-refractivity contribution is 5.93. The molecule has 1 aromatic carbocycles. The Kier molecular flexibility index (Phi) is 5.44. The van der Waals surface area contributed by atoms with Gasteiger partial charge in [0.25, 0.3) is 0 Å². The molecule has 5 aromatic rings. The minimum Gasteiger partial charge on any atom is -0.382 e. The van der Waals surface area contributed by atoms with Gasteiger partial charge in [0, 0.05) is 40.8 Å². The normalized spacial score (nSPS) is 18.1. The fourth-order valence-electron chi connectivity index (χ4n) is 5.43. The summed E-state index contributed by atoms with van der Waals surface area (Å²) in [6.45, 7) is 3.88. The number of aromatic amines is 1. The molecule has 6 rings (SSSR count). The zero-order chi connectivity index (χ0) is 24.8. The van der Waals surface area contributed by atoms with E-state index in [1.807, 2.05) is 44.3 Å².